The van der Waals surface area contributed by atoms with Crippen LogP contribution in [0.2, 0.25) is 0 Å². The molecule has 0 bridgehead atoms. The number of hydrogen-bond donors (Lipinski definition) is 3. The second kappa shape index (κ2) is 5.98. The highest BCUT2D eigenvalue weighted by molar-refractivity contribution is 7.22. The summed E-state index contributed by atoms with van der Waals surface area (Å²) in [5.41, 5.74) is 2.38. The van der Waals surface area contributed by atoms with E-state index in [9.17, 15) is 9.59 Å². The Morgan fingerprint density at radius 3 is 2.86 bits per heavy atom. The molecule has 2 aromatic heterocycles. The number of nitrogens with zero attached hydrogens (tertiary/aromatic N) is 1. The van der Waals surface area contributed by atoms with E-state index < -0.39 is 0 Å². The number of hydrogen-bond acceptors (Lipinski definition) is 4. The molecule has 0 aliphatic rings. The standard InChI is InChI=1S/C15H14N4O2S/c1-2-16-14(21)19-15-18-11-7-9(3-4-12(11)22-15)10-5-6-17-13(20)8-10/h3-8H,2H2,1H3,(H,17,20)(H2,16,18,19,21). The number of aromatic amines is 1. The monoisotopic (exact) mass is 314 g/mol. The van der Waals surface area contributed by atoms with Crippen LogP contribution in [0.3, 0.4) is 0 Å². The summed E-state index contributed by atoms with van der Waals surface area (Å²) >= 11 is 1.41. The van der Waals surface area contributed by atoms with Gasteiger partial charge in [-0.15, -0.1) is 0 Å². The lowest BCUT2D eigenvalue weighted by Crippen LogP contribution is -2.28. The van der Waals surface area contributed by atoms with Gasteiger partial charge >= 0.3 is 6.03 Å². The van der Waals surface area contributed by atoms with Gasteiger partial charge in [0.05, 0.1) is 10.2 Å². The van der Waals surface area contributed by atoms with E-state index in [4.69, 9.17) is 0 Å². The summed E-state index contributed by atoms with van der Waals surface area (Å²) in [6.07, 6.45) is 1.62. The van der Waals surface area contributed by atoms with Crippen molar-refractivity contribution in [3.05, 3.63) is 46.9 Å². The van der Waals surface area contributed by atoms with Crippen LogP contribution in [0.25, 0.3) is 21.3 Å². The third kappa shape index (κ3) is 2.99. The van der Waals surface area contributed by atoms with E-state index in [2.05, 4.69) is 20.6 Å². The first-order valence-corrected chi connectivity index (χ1v) is 7.62. The number of urea groups is 1. The molecule has 0 unspecified atom stereocenters. The molecule has 112 valence electrons. The van der Waals surface area contributed by atoms with Gasteiger partial charge in [0.25, 0.3) is 0 Å². The number of pyridine rings is 1. The molecule has 0 aliphatic carbocycles. The van der Waals surface area contributed by atoms with Crippen LogP contribution in [0.4, 0.5) is 9.93 Å². The minimum Gasteiger partial charge on any atom is -0.338 e. The van der Waals surface area contributed by atoms with Crippen molar-refractivity contribution < 1.29 is 4.79 Å². The molecule has 0 spiro atoms. The second-order valence-corrected chi connectivity index (χ2v) is 5.66. The Bertz CT molecular complexity index is 884. The molecule has 0 saturated heterocycles. The fraction of sp³-hybridized carbons (Fsp3) is 0.133. The Hall–Kier alpha value is -2.67. The summed E-state index contributed by atoms with van der Waals surface area (Å²) in [5, 5.41) is 5.91. The van der Waals surface area contributed by atoms with E-state index in [-0.39, 0.29) is 11.6 Å². The van der Waals surface area contributed by atoms with Crippen LogP contribution in [0.5, 0.6) is 0 Å². The van der Waals surface area contributed by atoms with E-state index >= 15 is 0 Å². The third-order valence-electron chi connectivity index (χ3n) is 3.05. The Kier molecular flexibility index (Phi) is 3.88. The zero-order chi connectivity index (χ0) is 15.5. The predicted octanol–water partition coefficient (Wildman–Crippen LogP) is 2.79. The summed E-state index contributed by atoms with van der Waals surface area (Å²) < 4.78 is 0.973. The maximum Gasteiger partial charge on any atom is 0.321 e. The minimum absolute atomic E-state index is 0.144. The SMILES string of the molecule is CCNC(=O)Nc1nc2cc(-c3cc[nH]c(=O)c3)ccc2s1. The molecular weight excluding hydrogens is 300 g/mol. The summed E-state index contributed by atoms with van der Waals surface area (Å²) in [6, 6.07) is 8.89. The van der Waals surface area contributed by atoms with Crippen molar-refractivity contribution in [3.63, 3.8) is 0 Å². The van der Waals surface area contributed by atoms with Gasteiger partial charge in [-0.3, -0.25) is 10.1 Å². The molecule has 6 nitrogen and oxygen atoms in total. The minimum atomic E-state index is -0.267. The number of H-pyrrole nitrogens is 1. The first-order chi connectivity index (χ1) is 10.7. The molecule has 3 aromatic rings. The predicted molar refractivity (Wildman–Crippen MR) is 88.4 cm³/mol. The summed E-state index contributed by atoms with van der Waals surface area (Å²) in [4.78, 5) is 29.9. The van der Waals surface area contributed by atoms with Crippen molar-refractivity contribution in [1.29, 1.82) is 0 Å². The van der Waals surface area contributed by atoms with Gasteiger partial charge in [0, 0.05) is 18.8 Å². The van der Waals surface area contributed by atoms with E-state index in [0.29, 0.717) is 11.7 Å². The van der Waals surface area contributed by atoms with E-state index in [1.54, 1.807) is 12.3 Å². The zero-order valence-corrected chi connectivity index (χ0v) is 12.7. The maximum atomic E-state index is 11.5. The van der Waals surface area contributed by atoms with Gasteiger partial charge < -0.3 is 10.3 Å². The Balaban J connectivity index is 1.93. The molecule has 0 atom stereocenters. The number of thiazole rings is 1. The largest absolute Gasteiger partial charge is 0.338 e. The second-order valence-electron chi connectivity index (χ2n) is 4.63. The number of fused-ring (bicyclic) bond motifs is 1. The fourth-order valence-electron chi connectivity index (χ4n) is 2.09. The molecular formula is C15H14N4O2S. The first kappa shape index (κ1) is 14.3. The highest BCUT2D eigenvalue weighted by Crippen LogP contribution is 2.29. The molecule has 3 rings (SSSR count). The number of carbonyl (C=O) groups is 1. The number of aromatic nitrogens is 2. The Morgan fingerprint density at radius 1 is 1.27 bits per heavy atom. The van der Waals surface area contributed by atoms with Crippen LogP contribution >= 0.6 is 11.3 Å². The zero-order valence-electron chi connectivity index (χ0n) is 11.8. The van der Waals surface area contributed by atoms with Crippen LogP contribution in [-0.2, 0) is 0 Å². The smallest absolute Gasteiger partial charge is 0.321 e. The van der Waals surface area contributed by atoms with E-state index in [1.165, 1.54) is 11.3 Å². The van der Waals surface area contributed by atoms with Gasteiger partial charge in [-0.1, -0.05) is 17.4 Å². The molecule has 0 aliphatic heterocycles. The molecule has 2 heterocycles. The van der Waals surface area contributed by atoms with Crippen LogP contribution < -0.4 is 16.2 Å². The van der Waals surface area contributed by atoms with Crippen molar-refractivity contribution in [3.8, 4) is 11.1 Å². The van der Waals surface area contributed by atoms with Crippen LogP contribution in [0, 0.1) is 0 Å². The highest BCUT2D eigenvalue weighted by Gasteiger charge is 2.08. The van der Waals surface area contributed by atoms with Crippen molar-refractivity contribution in [2.24, 2.45) is 0 Å². The number of nitrogens with one attached hydrogen (secondary N) is 3. The van der Waals surface area contributed by atoms with E-state index in [0.717, 1.165) is 21.3 Å². The van der Waals surface area contributed by atoms with Crippen molar-refractivity contribution in [2.75, 3.05) is 11.9 Å². The summed E-state index contributed by atoms with van der Waals surface area (Å²) in [7, 11) is 0. The summed E-state index contributed by atoms with van der Waals surface area (Å²) in [5.74, 6) is 0. The van der Waals surface area contributed by atoms with Crippen LogP contribution in [0.1, 0.15) is 6.92 Å². The van der Waals surface area contributed by atoms with Gasteiger partial charge in [0.15, 0.2) is 5.13 Å². The molecule has 3 N–H and O–H groups in total. The number of anilines is 1. The normalized spacial score (nSPS) is 10.6. The summed E-state index contributed by atoms with van der Waals surface area (Å²) in [6.45, 7) is 2.41. The molecule has 7 heteroatoms. The number of amides is 2. The Labute approximate surface area is 130 Å². The molecule has 0 radical (unpaired) electrons. The van der Waals surface area contributed by atoms with Gasteiger partial charge in [-0.2, -0.15) is 0 Å². The van der Waals surface area contributed by atoms with Gasteiger partial charge in [-0.05, 0) is 36.2 Å². The number of rotatable bonds is 3. The van der Waals surface area contributed by atoms with Crippen molar-refractivity contribution in [1.82, 2.24) is 15.3 Å². The quantitative estimate of drug-likeness (QED) is 0.694. The number of benzene rings is 1. The first-order valence-electron chi connectivity index (χ1n) is 6.80. The lowest BCUT2D eigenvalue weighted by molar-refractivity contribution is 0.252. The third-order valence-corrected chi connectivity index (χ3v) is 4.01. The lowest BCUT2D eigenvalue weighted by atomic mass is 10.1. The molecule has 1 aromatic carbocycles. The highest BCUT2D eigenvalue weighted by atomic mass is 32.1. The van der Waals surface area contributed by atoms with Crippen LogP contribution in [0.15, 0.2) is 41.3 Å². The van der Waals surface area contributed by atoms with Gasteiger partial charge in [-0.25, -0.2) is 9.78 Å². The van der Waals surface area contributed by atoms with Gasteiger partial charge in [0.1, 0.15) is 0 Å². The molecule has 22 heavy (non-hydrogen) atoms. The van der Waals surface area contributed by atoms with Crippen LogP contribution in [-0.4, -0.2) is 22.5 Å². The molecule has 2 amide bonds. The average molecular weight is 314 g/mol. The van der Waals surface area contributed by atoms with E-state index in [1.807, 2.05) is 31.2 Å². The fourth-order valence-corrected chi connectivity index (χ4v) is 2.93. The van der Waals surface area contributed by atoms with Crippen molar-refractivity contribution >= 4 is 32.7 Å². The Morgan fingerprint density at radius 2 is 2.09 bits per heavy atom. The topological polar surface area (TPSA) is 86.9 Å². The lowest BCUT2D eigenvalue weighted by Gasteiger charge is -2.00. The van der Waals surface area contributed by atoms with Gasteiger partial charge in [0.2, 0.25) is 5.56 Å². The van der Waals surface area contributed by atoms with Crippen molar-refractivity contribution in [2.45, 2.75) is 6.92 Å². The molecule has 0 saturated carbocycles. The maximum absolute atomic E-state index is 11.5. The molecule has 0 fully saturated rings. The average Bonchev–Trinajstić information content (AvgIpc) is 2.88. The number of carbonyl (C=O) groups excluding carboxylic acids is 1.